The van der Waals surface area contributed by atoms with Crippen LogP contribution in [0.4, 0.5) is 11.4 Å². The number of nitriles is 1. The molecule has 3 aromatic rings. The number of aromatic nitrogens is 2. The van der Waals surface area contributed by atoms with E-state index >= 15 is 0 Å². The summed E-state index contributed by atoms with van der Waals surface area (Å²) in [5, 5.41) is 17.2. The summed E-state index contributed by atoms with van der Waals surface area (Å²) in [4.78, 5) is 7.39. The van der Waals surface area contributed by atoms with Gasteiger partial charge in [-0.2, -0.15) is 10.4 Å². The maximum atomic E-state index is 9.41. The summed E-state index contributed by atoms with van der Waals surface area (Å²) in [5.41, 5.74) is 6.87. The fraction of sp³-hybridized carbons (Fsp3) is 0.462. The van der Waals surface area contributed by atoms with Crippen LogP contribution in [-0.4, -0.2) is 72.5 Å². The van der Waals surface area contributed by atoms with Crippen molar-refractivity contribution in [1.82, 2.24) is 19.8 Å². The molecule has 2 saturated heterocycles. The minimum atomic E-state index is 0.129. The number of benzene rings is 1. The number of piperazine rings is 1. The van der Waals surface area contributed by atoms with Crippen molar-refractivity contribution in [2.75, 3.05) is 55.6 Å². The number of anilines is 2. The number of morpholine rings is 1. The molecule has 0 amide bonds. The lowest BCUT2D eigenvalue weighted by Crippen LogP contribution is -2.50. The summed E-state index contributed by atoms with van der Waals surface area (Å²) in [6.45, 7) is 10.9. The van der Waals surface area contributed by atoms with Crippen molar-refractivity contribution in [3.8, 4) is 6.07 Å². The molecular formula is C26H31N7O. The van der Waals surface area contributed by atoms with Gasteiger partial charge in [-0.3, -0.25) is 4.90 Å². The van der Waals surface area contributed by atoms with E-state index < -0.39 is 0 Å². The zero-order chi connectivity index (χ0) is 23.1. The number of fused-ring (bicyclic) bond motifs is 2. The van der Waals surface area contributed by atoms with Crippen molar-refractivity contribution in [2.24, 2.45) is 0 Å². The summed E-state index contributed by atoms with van der Waals surface area (Å²) < 4.78 is 8.12. The van der Waals surface area contributed by atoms with Gasteiger partial charge in [-0.25, -0.2) is 4.52 Å². The molecule has 5 heterocycles. The van der Waals surface area contributed by atoms with E-state index in [2.05, 4.69) is 56.3 Å². The standard InChI is InChI=1S/C26H31N7O/c1-19-14-32(25-5-4-23(13-27)33-26(25)6-7-29-33)18-24(34-19)17-30-15-20-2-3-22(12-21(20)16-30)31-10-8-28-9-11-31/h2-7,12,19,24,28H,8-11,14-18H2,1H3/t19-,24+/m1/s1. The van der Waals surface area contributed by atoms with Gasteiger partial charge >= 0.3 is 0 Å². The van der Waals surface area contributed by atoms with Crippen LogP contribution in [0.2, 0.25) is 0 Å². The third-order valence-corrected chi connectivity index (χ3v) is 7.24. The van der Waals surface area contributed by atoms with Crippen molar-refractivity contribution < 1.29 is 4.74 Å². The van der Waals surface area contributed by atoms with Crippen LogP contribution in [0.5, 0.6) is 0 Å². The Labute approximate surface area is 200 Å². The van der Waals surface area contributed by atoms with Gasteiger partial charge in [0.25, 0.3) is 0 Å². The Balaban J connectivity index is 1.15. The molecule has 6 rings (SSSR count). The van der Waals surface area contributed by atoms with Crippen molar-refractivity contribution >= 4 is 16.9 Å². The van der Waals surface area contributed by atoms with Crippen LogP contribution in [-0.2, 0) is 17.8 Å². The molecule has 176 valence electrons. The third kappa shape index (κ3) is 4.00. The summed E-state index contributed by atoms with van der Waals surface area (Å²) in [6, 6.07) is 15.1. The summed E-state index contributed by atoms with van der Waals surface area (Å²) in [7, 11) is 0. The molecule has 0 unspecified atom stereocenters. The minimum absolute atomic E-state index is 0.129. The summed E-state index contributed by atoms with van der Waals surface area (Å²) in [5.74, 6) is 0. The topological polar surface area (TPSA) is 72.1 Å². The molecule has 3 aliphatic rings. The van der Waals surface area contributed by atoms with E-state index in [4.69, 9.17) is 4.74 Å². The highest BCUT2D eigenvalue weighted by Gasteiger charge is 2.30. The van der Waals surface area contributed by atoms with Gasteiger partial charge in [-0.05, 0) is 48.4 Å². The average Bonchev–Trinajstić information content (AvgIpc) is 3.50. The largest absolute Gasteiger partial charge is 0.370 e. The molecule has 3 aliphatic heterocycles. The fourth-order valence-corrected chi connectivity index (χ4v) is 5.69. The lowest BCUT2D eigenvalue weighted by molar-refractivity contribution is -0.0329. The maximum absolute atomic E-state index is 9.41. The first-order valence-electron chi connectivity index (χ1n) is 12.2. The average molecular weight is 458 g/mol. The second kappa shape index (κ2) is 8.91. The highest BCUT2D eigenvalue weighted by Crippen LogP contribution is 2.30. The van der Waals surface area contributed by atoms with Gasteiger partial charge in [0.05, 0.1) is 29.6 Å². The number of pyridine rings is 1. The predicted octanol–water partition coefficient (Wildman–Crippen LogP) is 2.23. The third-order valence-electron chi connectivity index (χ3n) is 7.24. The Hall–Kier alpha value is -3.12. The Kier molecular flexibility index (Phi) is 5.61. The Morgan fingerprint density at radius 3 is 2.76 bits per heavy atom. The van der Waals surface area contributed by atoms with Gasteiger partial charge in [0.2, 0.25) is 0 Å². The van der Waals surface area contributed by atoms with Crippen LogP contribution in [0.3, 0.4) is 0 Å². The van der Waals surface area contributed by atoms with E-state index in [9.17, 15) is 5.26 Å². The van der Waals surface area contributed by atoms with E-state index in [1.807, 2.05) is 18.2 Å². The van der Waals surface area contributed by atoms with Crippen LogP contribution in [0.1, 0.15) is 23.7 Å². The molecule has 34 heavy (non-hydrogen) atoms. The summed E-state index contributed by atoms with van der Waals surface area (Å²) >= 11 is 0. The first kappa shape index (κ1) is 21.4. The zero-order valence-electron chi connectivity index (χ0n) is 19.7. The van der Waals surface area contributed by atoms with Gasteiger partial charge in [-0.15, -0.1) is 0 Å². The fourth-order valence-electron chi connectivity index (χ4n) is 5.69. The van der Waals surface area contributed by atoms with Crippen molar-refractivity contribution in [3.05, 3.63) is 59.4 Å². The molecule has 0 saturated carbocycles. The first-order chi connectivity index (χ1) is 16.7. The van der Waals surface area contributed by atoms with Gasteiger partial charge in [0.1, 0.15) is 11.8 Å². The number of ether oxygens (including phenoxy) is 1. The Morgan fingerprint density at radius 1 is 1.06 bits per heavy atom. The molecule has 0 spiro atoms. The van der Waals surface area contributed by atoms with Crippen molar-refractivity contribution in [1.29, 1.82) is 5.26 Å². The van der Waals surface area contributed by atoms with Gasteiger partial charge in [-0.1, -0.05) is 6.07 Å². The van der Waals surface area contributed by atoms with E-state index in [0.717, 1.165) is 70.1 Å². The van der Waals surface area contributed by atoms with Crippen LogP contribution in [0, 0.1) is 11.3 Å². The second-order valence-corrected chi connectivity index (χ2v) is 9.68. The monoisotopic (exact) mass is 457 g/mol. The molecular weight excluding hydrogens is 426 g/mol. The second-order valence-electron chi connectivity index (χ2n) is 9.68. The number of hydrogen-bond acceptors (Lipinski definition) is 7. The minimum Gasteiger partial charge on any atom is -0.370 e. The van der Waals surface area contributed by atoms with Crippen LogP contribution < -0.4 is 15.1 Å². The van der Waals surface area contributed by atoms with Gasteiger partial charge in [0.15, 0.2) is 0 Å². The van der Waals surface area contributed by atoms with Crippen molar-refractivity contribution in [3.63, 3.8) is 0 Å². The number of nitrogens with zero attached hydrogens (tertiary/aromatic N) is 6. The molecule has 0 radical (unpaired) electrons. The zero-order valence-corrected chi connectivity index (χ0v) is 19.7. The highest BCUT2D eigenvalue weighted by atomic mass is 16.5. The smallest absolute Gasteiger partial charge is 0.142 e. The van der Waals surface area contributed by atoms with E-state index in [1.165, 1.54) is 16.8 Å². The van der Waals surface area contributed by atoms with Crippen LogP contribution >= 0.6 is 0 Å². The first-order valence-corrected chi connectivity index (χ1v) is 12.2. The van der Waals surface area contributed by atoms with Crippen LogP contribution in [0.25, 0.3) is 5.52 Å². The van der Waals surface area contributed by atoms with E-state index in [1.54, 1.807) is 10.7 Å². The molecule has 1 aromatic carbocycles. The summed E-state index contributed by atoms with van der Waals surface area (Å²) in [6.07, 6.45) is 2.03. The molecule has 2 atom stereocenters. The number of rotatable bonds is 4. The van der Waals surface area contributed by atoms with E-state index in [-0.39, 0.29) is 12.2 Å². The lowest BCUT2D eigenvalue weighted by Gasteiger charge is -2.39. The maximum Gasteiger partial charge on any atom is 0.142 e. The molecule has 8 nitrogen and oxygen atoms in total. The quantitative estimate of drug-likeness (QED) is 0.644. The SMILES string of the molecule is C[C@@H]1CN(c2ccc(C#N)n3nccc23)C[C@H](CN2Cc3ccc(N4CCNCC4)cc3C2)O1. The molecule has 1 N–H and O–H groups in total. The Morgan fingerprint density at radius 2 is 1.91 bits per heavy atom. The number of hydrogen-bond donors (Lipinski definition) is 1. The predicted molar refractivity (Wildman–Crippen MR) is 132 cm³/mol. The molecule has 0 aliphatic carbocycles. The molecule has 0 bridgehead atoms. The Bertz CT molecular complexity index is 1230. The van der Waals surface area contributed by atoms with Gasteiger partial charge in [0, 0.05) is 64.6 Å². The lowest BCUT2D eigenvalue weighted by atomic mass is 10.1. The molecule has 8 heteroatoms. The van der Waals surface area contributed by atoms with E-state index in [0.29, 0.717) is 5.69 Å². The molecule has 2 fully saturated rings. The van der Waals surface area contributed by atoms with Crippen LogP contribution in [0.15, 0.2) is 42.6 Å². The normalized spacial score (nSPS) is 23.3. The highest BCUT2D eigenvalue weighted by molar-refractivity contribution is 5.74. The van der Waals surface area contributed by atoms with Gasteiger partial charge < -0.3 is 19.9 Å². The number of nitrogens with one attached hydrogen (secondary N) is 1. The molecule has 2 aromatic heterocycles. The van der Waals surface area contributed by atoms with Crippen molar-refractivity contribution in [2.45, 2.75) is 32.2 Å².